The van der Waals surface area contributed by atoms with Crippen LogP contribution >= 0.6 is 0 Å². The number of aliphatic imine (C=N–C) groups is 1. The number of rotatable bonds is 7. The van der Waals surface area contributed by atoms with E-state index in [1.165, 1.54) is 5.56 Å². The lowest BCUT2D eigenvalue weighted by atomic mass is 10.0. The normalized spacial score (nSPS) is 16.9. The highest BCUT2D eigenvalue weighted by atomic mass is 16.2. The van der Waals surface area contributed by atoms with E-state index in [0.29, 0.717) is 12.4 Å². The van der Waals surface area contributed by atoms with Crippen molar-refractivity contribution in [3.8, 4) is 0 Å². The summed E-state index contributed by atoms with van der Waals surface area (Å²) in [5.41, 5.74) is 2.25. The van der Waals surface area contributed by atoms with Crippen molar-refractivity contribution in [2.24, 2.45) is 4.99 Å². The molecule has 1 aromatic rings. The summed E-state index contributed by atoms with van der Waals surface area (Å²) < 4.78 is 0. The largest absolute Gasteiger partial charge is 0.357 e. The topological polar surface area (TPSA) is 77.0 Å². The average molecular weight is 386 g/mol. The molecule has 2 amide bonds. The molecule has 0 saturated carbocycles. The number of para-hydroxylation sites is 1. The van der Waals surface area contributed by atoms with Crippen molar-refractivity contribution in [2.75, 3.05) is 44.2 Å². The van der Waals surface area contributed by atoms with Crippen LogP contribution < -0.4 is 15.5 Å². The second kappa shape index (κ2) is 10.1. The SMILES string of the molecule is CCNC(=NCC(=O)N1CCCc2ccccc21)NCCCN1CCCC1=O. The number of carbonyl (C=O) groups excluding carboxylic acids is 2. The fourth-order valence-electron chi connectivity index (χ4n) is 3.78. The molecular weight excluding hydrogens is 354 g/mol. The number of benzene rings is 1. The minimum Gasteiger partial charge on any atom is -0.357 e. The molecule has 2 aliphatic rings. The highest BCUT2D eigenvalue weighted by molar-refractivity contribution is 5.97. The second-order valence-corrected chi connectivity index (χ2v) is 7.24. The number of hydrogen-bond acceptors (Lipinski definition) is 3. The zero-order chi connectivity index (χ0) is 19.8. The van der Waals surface area contributed by atoms with Gasteiger partial charge in [-0.3, -0.25) is 9.59 Å². The molecule has 0 unspecified atom stereocenters. The molecule has 1 fully saturated rings. The molecule has 2 N–H and O–H groups in total. The Morgan fingerprint density at radius 3 is 2.75 bits per heavy atom. The number of nitrogens with one attached hydrogen (secondary N) is 2. The number of aryl methyl sites for hydroxylation is 1. The standard InChI is InChI=1S/C21H31N5O2/c1-2-22-21(23-12-7-14-25-13-6-11-19(25)27)24-16-20(28)26-15-5-9-17-8-3-4-10-18(17)26/h3-4,8,10H,2,5-7,9,11-16H2,1H3,(H2,22,23,24). The maximum atomic E-state index is 12.7. The van der Waals surface area contributed by atoms with Crippen LogP contribution in [0.25, 0.3) is 0 Å². The minimum absolute atomic E-state index is 0.0204. The summed E-state index contributed by atoms with van der Waals surface area (Å²) in [5.74, 6) is 0.925. The summed E-state index contributed by atoms with van der Waals surface area (Å²) in [7, 11) is 0. The van der Waals surface area contributed by atoms with Gasteiger partial charge in [0.25, 0.3) is 0 Å². The lowest BCUT2D eigenvalue weighted by molar-refractivity contribution is -0.127. The Morgan fingerprint density at radius 2 is 1.96 bits per heavy atom. The van der Waals surface area contributed by atoms with E-state index in [4.69, 9.17) is 0 Å². The van der Waals surface area contributed by atoms with E-state index >= 15 is 0 Å². The molecule has 2 aliphatic heterocycles. The third kappa shape index (κ3) is 5.24. The fourth-order valence-corrected chi connectivity index (χ4v) is 3.78. The highest BCUT2D eigenvalue weighted by Gasteiger charge is 2.22. The Labute approximate surface area is 167 Å². The Balaban J connectivity index is 1.49. The van der Waals surface area contributed by atoms with Crippen LogP contribution in [0.4, 0.5) is 5.69 Å². The number of fused-ring (bicyclic) bond motifs is 1. The van der Waals surface area contributed by atoms with E-state index in [-0.39, 0.29) is 18.4 Å². The van der Waals surface area contributed by atoms with E-state index < -0.39 is 0 Å². The van der Waals surface area contributed by atoms with Gasteiger partial charge in [-0.25, -0.2) is 4.99 Å². The molecule has 0 spiro atoms. The van der Waals surface area contributed by atoms with Crippen LogP contribution in [0.3, 0.4) is 0 Å². The predicted octanol–water partition coefficient (Wildman–Crippen LogP) is 1.53. The van der Waals surface area contributed by atoms with E-state index in [1.807, 2.05) is 34.9 Å². The zero-order valence-corrected chi connectivity index (χ0v) is 16.7. The smallest absolute Gasteiger partial charge is 0.248 e. The van der Waals surface area contributed by atoms with Gasteiger partial charge in [0.2, 0.25) is 11.8 Å². The van der Waals surface area contributed by atoms with Crippen LogP contribution in [0.2, 0.25) is 0 Å². The Kier molecular flexibility index (Phi) is 7.28. The molecule has 28 heavy (non-hydrogen) atoms. The molecule has 7 nitrogen and oxygen atoms in total. The molecule has 0 aromatic heterocycles. The molecule has 0 atom stereocenters. The van der Waals surface area contributed by atoms with Crippen molar-refractivity contribution in [1.29, 1.82) is 0 Å². The van der Waals surface area contributed by atoms with Gasteiger partial charge in [0.15, 0.2) is 5.96 Å². The number of amides is 2. The van der Waals surface area contributed by atoms with Gasteiger partial charge in [0.05, 0.1) is 0 Å². The molecule has 7 heteroatoms. The van der Waals surface area contributed by atoms with Crippen LogP contribution in [0, 0.1) is 0 Å². The van der Waals surface area contributed by atoms with Crippen LogP contribution in [-0.4, -0.2) is 61.9 Å². The van der Waals surface area contributed by atoms with E-state index in [1.54, 1.807) is 0 Å². The summed E-state index contributed by atoms with van der Waals surface area (Å²) in [4.78, 5) is 32.6. The minimum atomic E-state index is 0.0204. The lowest BCUT2D eigenvalue weighted by Gasteiger charge is -2.29. The first kappa shape index (κ1) is 20.2. The molecule has 0 radical (unpaired) electrons. The van der Waals surface area contributed by atoms with Gasteiger partial charge in [-0.1, -0.05) is 18.2 Å². The van der Waals surface area contributed by atoms with Crippen molar-refractivity contribution in [2.45, 2.75) is 39.0 Å². The predicted molar refractivity (Wildman–Crippen MR) is 112 cm³/mol. The maximum absolute atomic E-state index is 12.7. The van der Waals surface area contributed by atoms with Crippen LogP contribution in [0.5, 0.6) is 0 Å². The Morgan fingerprint density at radius 1 is 1.14 bits per heavy atom. The second-order valence-electron chi connectivity index (χ2n) is 7.24. The van der Waals surface area contributed by atoms with Crippen LogP contribution in [0.1, 0.15) is 38.2 Å². The Bertz CT molecular complexity index is 719. The molecule has 2 heterocycles. The number of carbonyl (C=O) groups is 2. The van der Waals surface area contributed by atoms with Crippen molar-refractivity contribution in [3.05, 3.63) is 29.8 Å². The first-order valence-electron chi connectivity index (χ1n) is 10.4. The van der Waals surface area contributed by atoms with Gasteiger partial charge in [-0.2, -0.15) is 0 Å². The van der Waals surface area contributed by atoms with Crippen molar-refractivity contribution >= 4 is 23.5 Å². The highest BCUT2D eigenvalue weighted by Crippen LogP contribution is 2.26. The number of likely N-dealkylation sites (tertiary alicyclic amines) is 1. The summed E-state index contributed by atoms with van der Waals surface area (Å²) in [5, 5.41) is 6.45. The first-order valence-corrected chi connectivity index (χ1v) is 10.4. The number of guanidine groups is 1. The van der Waals surface area contributed by atoms with E-state index in [0.717, 1.165) is 64.1 Å². The van der Waals surface area contributed by atoms with Gasteiger partial charge in [-0.05, 0) is 44.2 Å². The van der Waals surface area contributed by atoms with Crippen LogP contribution in [-0.2, 0) is 16.0 Å². The quantitative estimate of drug-likeness (QED) is 0.424. The van der Waals surface area contributed by atoms with E-state index in [9.17, 15) is 9.59 Å². The lowest BCUT2D eigenvalue weighted by Crippen LogP contribution is -2.41. The number of nitrogens with zero attached hydrogens (tertiary/aromatic N) is 3. The van der Waals surface area contributed by atoms with Crippen LogP contribution in [0.15, 0.2) is 29.3 Å². The first-order chi connectivity index (χ1) is 13.7. The van der Waals surface area contributed by atoms with Crippen molar-refractivity contribution in [3.63, 3.8) is 0 Å². The zero-order valence-electron chi connectivity index (χ0n) is 16.7. The molecule has 0 aliphatic carbocycles. The third-order valence-corrected chi connectivity index (χ3v) is 5.20. The fraction of sp³-hybridized carbons (Fsp3) is 0.571. The van der Waals surface area contributed by atoms with E-state index in [2.05, 4.69) is 21.7 Å². The third-order valence-electron chi connectivity index (χ3n) is 5.20. The van der Waals surface area contributed by atoms with Crippen molar-refractivity contribution < 1.29 is 9.59 Å². The summed E-state index contributed by atoms with van der Waals surface area (Å²) >= 11 is 0. The van der Waals surface area contributed by atoms with Gasteiger partial charge >= 0.3 is 0 Å². The average Bonchev–Trinajstić information content (AvgIpc) is 3.13. The summed E-state index contributed by atoms with van der Waals surface area (Å²) in [6.45, 7) is 5.97. The summed E-state index contributed by atoms with van der Waals surface area (Å²) in [6, 6.07) is 8.10. The molecule has 1 saturated heterocycles. The van der Waals surface area contributed by atoms with Gasteiger partial charge in [0.1, 0.15) is 6.54 Å². The molecule has 0 bridgehead atoms. The molecule has 152 valence electrons. The van der Waals surface area contributed by atoms with Gasteiger partial charge in [0, 0.05) is 44.8 Å². The number of anilines is 1. The van der Waals surface area contributed by atoms with Crippen molar-refractivity contribution in [1.82, 2.24) is 15.5 Å². The Hall–Kier alpha value is -2.57. The van der Waals surface area contributed by atoms with Gasteiger partial charge in [-0.15, -0.1) is 0 Å². The molecular formula is C21H31N5O2. The molecule has 3 rings (SSSR count). The number of hydrogen-bond donors (Lipinski definition) is 2. The maximum Gasteiger partial charge on any atom is 0.248 e. The summed E-state index contributed by atoms with van der Waals surface area (Å²) in [6.07, 6.45) is 4.52. The van der Waals surface area contributed by atoms with Gasteiger partial charge < -0.3 is 20.4 Å². The molecule has 1 aromatic carbocycles. The monoisotopic (exact) mass is 385 g/mol.